The Labute approximate surface area is 106 Å². The van der Waals surface area contributed by atoms with Crippen LogP contribution in [-0.4, -0.2) is 12.7 Å². The second kappa shape index (κ2) is 4.84. The summed E-state index contributed by atoms with van der Waals surface area (Å²) in [6.45, 7) is 2.15. The molecular formula is C11H10BrNO2S. The average Bonchev–Trinajstić information content (AvgIpc) is 2.57. The van der Waals surface area contributed by atoms with Crippen molar-refractivity contribution in [2.24, 2.45) is 0 Å². The number of amides is 1. The first-order valence-corrected chi connectivity index (χ1v) is 6.44. The molecule has 5 heteroatoms. The standard InChI is InChI=1S/C11H10BrNO2S/c1-2-15-11(14)13-10-9(12)7-5-3-4-6-8(7)16-10/h3-6H,2H2,1H3,(H,13,14). The average molecular weight is 300 g/mol. The van der Waals surface area contributed by atoms with Crippen molar-refractivity contribution in [1.29, 1.82) is 0 Å². The van der Waals surface area contributed by atoms with Crippen LogP contribution in [-0.2, 0) is 4.74 Å². The van der Waals surface area contributed by atoms with Gasteiger partial charge in [0.2, 0.25) is 0 Å². The van der Waals surface area contributed by atoms with Gasteiger partial charge in [0, 0.05) is 10.1 Å². The number of ether oxygens (including phenoxy) is 1. The summed E-state index contributed by atoms with van der Waals surface area (Å²) in [5, 5.41) is 4.59. The van der Waals surface area contributed by atoms with Gasteiger partial charge in [-0.05, 0) is 28.9 Å². The molecule has 0 atom stereocenters. The van der Waals surface area contributed by atoms with E-state index in [2.05, 4.69) is 21.2 Å². The fraction of sp³-hybridized carbons (Fsp3) is 0.182. The summed E-state index contributed by atoms with van der Waals surface area (Å²) in [5.41, 5.74) is 0. The zero-order valence-electron chi connectivity index (χ0n) is 8.62. The molecule has 0 spiro atoms. The highest BCUT2D eigenvalue weighted by molar-refractivity contribution is 9.10. The molecule has 0 saturated heterocycles. The molecule has 1 heterocycles. The summed E-state index contributed by atoms with van der Waals surface area (Å²) in [4.78, 5) is 11.3. The molecule has 84 valence electrons. The van der Waals surface area contributed by atoms with Crippen LogP contribution in [0.3, 0.4) is 0 Å². The Morgan fingerprint density at radius 2 is 2.25 bits per heavy atom. The van der Waals surface area contributed by atoms with E-state index in [-0.39, 0.29) is 0 Å². The molecule has 2 aromatic rings. The maximum Gasteiger partial charge on any atom is 0.412 e. The van der Waals surface area contributed by atoms with E-state index in [0.717, 1.165) is 19.6 Å². The Morgan fingerprint density at radius 1 is 1.50 bits per heavy atom. The molecule has 16 heavy (non-hydrogen) atoms. The van der Waals surface area contributed by atoms with Gasteiger partial charge in [0.1, 0.15) is 5.00 Å². The number of hydrogen-bond donors (Lipinski definition) is 1. The zero-order valence-corrected chi connectivity index (χ0v) is 11.0. The van der Waals surface area contributed by atoms with Crippen LogP contribution in [0.15, 0.2) is 28.7 Å². The van der Waals surface area contributed by atoms with Crippen molar-refractivity contribution >= 4 is 48.4 Å². The Morgan fingerprint density at radius 3 is 2.94 bits per heavy atom. The number of anilines is 1. The quantitative estimate of drug-likeness (QED) is 0.901. The second-order valence-corrected chi connectivity index (χ2v) is 4.93. The molecule has 0 bridgehead atoms. The van der Waals surface area contributed by atoms with Gasteiger partial charge in [0.05, 0.1) is 11.1 Å². The van der Waals surface area contributed by atoms with Gasteiger partial charge in [-0.15, -0.1) is 11.3 Å². The summed E-state index contributed by atoms with van der Waals surface area (Å²) < 4.78 is 6.86. The Hall–Kier alpha value is -1.07. The number of nitrogens with one attached hydrogen (secondary N) is 1. The summed E-state index contributed by atoms with van der Waals surface area (Å²) in [6, 6.07) is 7.96. The van der Waals surface area contributed by atoms with Crippen LogP contribution < -0.4 is 5.32 Å². The first kappa shape index (κ1) is 11.4. The molecule has 0 fully saturated rings. The third-order valence-electron chi connectivity index (χ3n) is 2.03. The molecule has 0 saturated carbocycles. The van der Waals surface area contributed by atoms with Crippen molar-refractivity contribution in [3.8, 4) is 0 Å². The van der Waals surface area contributed by atoms with Crippen LogP contribution in [0.25, 0.3) is 10.1 Å². The van der Waals surface area contributed by atoms with E-state index in [1.165, 1.54) is 11.3 Å². The number of fused-ring (bicyclic) bond motifs is 1. The number of benzene rings is 1. The topological polar surface area (TPSA) is 38.3 Å². The first-order chi connectivity index (χ1) is 7.72. The predicted octanol–water partition coefficient (Wildman–Crippen LogP) is 4.23. The number of thiophene rings is 1. The Balaban J connectivity index is 2.31. The highest BCUT2D eigenvalue weighted by Crippen LogP contribution is 2.39. The molecule has 3 nitrogen and oxygen atoms in total. The molecule has 0 aliphatic carbocycles. The van der Waals surface area contributed by atoms with E-state index >= 15 is 0 Å². The lowest BCUT2D eigenvalue weighted by Gasteiger charge is -2.02. The number of rotatable bonds is 2. The number of carbonyl (C=O) groups is 1. The van der Waals surface area contributed by atoms with Gasteiger partial charge in [-0.25, -0.2) is 4.79 Å². The van der Waals surface area contributed by atoms with Gasteiger partial charge in [0.25, 0.3) is 0 Å². The van der Waals surface area contributed by atoms with Gasteiger partial charge in [-0.1, -0.05) is 18.2 Å². The van der Waals surface area contributed by atoms with Gasteiger partial charge < -0.3 is 4.74 Å². The van der Waals surface area contributed by atoms with Gasteiger partial charge in [-0.2, -0.15) is 0 Å². The molecule has 2 rings (SSSR count). The lowest BCUT2D eigenvalue weighted by atomic mass is 10.3. The van der Waals surface area contributed by atoms with Crippen molar-refractivity contribution in [3.05, 3.63) is 28.7 Å². The molecule has 1 aromatic carbocycles. The van der Waals surface area contributed by atoms with Crippen molar-refractivity contribution in [2.75, 3.05) is 11.9 Å². The Bertz CT molecular complexity index is 524. The fourth-order valence-corrected chi connectivity index (χ4v) is 3.15. The van der Waals surface area contributed by atoms with Crippen LogP contribution in [0, 0.1) is 0 Å². The van der Waals surface area contributed by atoms with Crippen molar-refractivity contribution in [2.45, 2.75) is 6.92 Å². The summed E-state index contributed by atoms with van der Waals surface area (Å²) >= 11 is 4.99. The fourth-order valence-electron chi connectivity index (χ4n) is 1.35. The summed E-state index contributed by atoms with van der Waals surface area (Å²) in [6.07, 6.45) is -0.422. The maximum absolute atomic E-state index is 11.3. The molecule has 0 unspecified atom stereocenters. The minimum Gasteiger partial charge on any atom is -0.450 e. The van der Waals surface area contributed by atoms with Gasteiger partial charge >= 0.3 is 6.09 Å². The highest BCUT2D eigenvalue weighted by atomic mass is 79.9. The second-order valence-electron chi connectivity index (χ2n) is 3.09. The van der Waals surface area contributed by atoms with E-state index in [1.54, 1.807) is 6.92 Å². The molecule has 0 aliphatic rings. The minimum absolute atomic E-state index is 0.369. The zero-order chi connectivity index (χ0) is 11.5. The van der Waals surface area contributed by atoms with Crippen LogP contribution in [0.1, 0.15) is 6.92 Å². The molecule has 1 amide bonds. The molecule has 1 aromatic heterocycles. The molecule has 0 radical (unpaired) electrons. The van der Waals surface area contributed by atoms with Crippen LogP contribution in [0.2, 0.25) is 0 Å². The Kier molecular flexibility index (Phi) is 3.46. The van der Waals surface area contributed by atoms with E-state index in [0.29, 0.717) is 6.61 Å². The van der Waals surface area contributed by atoms with Crippen LogP contribution in [0.4, 0.5) is 9.80 Å². The number of halogens is 1. The van der Waals surface area contributed by atoms with Gasteiger partial charge in [0.15, 0.2) is 0 Å². The summed E-state index contributed by atoms with van der Waals surface area (Å²) in [5.74, 6) is 0. The van der Waals surface area contributed by atoms with E-state index in [9.17, 15) is 4.79 Å². The highest BCUT2D eigenvalue weighted by Gasteiger charge is 2.11. The lowest BCUT2D eigenvalue weighted by molar-refractivity contribution is 0.168. The van der Waals surface area contributed by atoms with E-state index < -0.39 is 6.09 Å². The third kappa shape index (κ3) is 2.20. The smallest absolute Gasteiger partial charge is 0.412 e. The first-order valence-electron chi connectivity index (χ1n) is 4.83. The predicted molar refractivity (Wildman–Crippen MR) is 70.2 cm³/mol. The molecular weight excluding hydrogens is 290 g/mol. The summed E-state index contributed by atoms with van der Waals surface area (Å²) in [7, 11) is 0. The van der Waals surface area contributed by atoms with E-state index in [1.807, 2.05) is 24.3 Å². The maximum atomic E-state index is 11.3. The number of hydrogen-bond acceptors (Lipinski definition) is 3. The molecule has 1 N–H and O–H groups in total. The van der Waals surface area contributed by atoms with E-state index in [4.69, 9.17) is 4.74 Å². The van der Waals surface area contributed by atoms with Crippen LogP contribution in [0.5, 0.6) is 0 Å². The van der Waals surface area contributed by atoms with Crippen molar-refractivity contribution < 1.29 is 9.53 Å². The SMILES string of the molecule is CCOC(=O)Nc1sc2ccccc2c1Br. The molecule has 0 aliphatic heterocycles. The lowest BCUT2D eigenvalue weighted by Crippen LogP contribution is -2.12. The normalized spacial score (nSPS) is 10.4. The number of carbonyl (C=O) groups excluding carboxylic acids is 1. The van der Waals surface area contributed by atoms with Crippen molar-refractivity contribution in [1.82, 2.24) is 0 Å². The van der Waals surface area contributed by atoms with Crippen LogP contribution >= 0.6 is 27.3 Å². The van der Waals surface area contributed by atoms with Crippen molar-refractivity contribution in [3.63, 3.8) is 0 Å². The minimum atomic E-state index is -0.422. The third-order valence-corrected chi connectivity index (χ3v) is 4.20. The largest absolute Gasteiger partial charge is 0.450 e. The van der Waals surface area contributed by atoms with Gasteiger partial charge in [-0.3, -0.25) is 5.32 Å². The monoisotopic (exact) mass is 299 g/mol.